The van der Waals surface area contributed by atoms with Gasteiger partial charge >= 0.3 is 0 Å². The summed E-state index contributed by atoms with van der Waals surface area (Å²) in [5, 5.41) is 0. The van der Waals surface area contributed by atoms with Gasteiger partial charge in [0.05, 0.1) is 4.90 Å². The van der Waals surface area contributed by atoms with E-state index in [1.54, 1.807) is 6.07 Å². The number of carbonyl (C=O) groups excluding carboxylic acids is 1. The van der Waals surface area contributed by atoms with Crippen LogP contribution in [0.3, 0.4) is 0 Å². The molecule has 1 aromatic carbocycles. The van der Waals surface area contributed by atoms with E-state index in [0.717, 1.165) is 18.2 Å². The maximum absolute atomic E-state index is 12.1. The minimum absolute atomic E-state index is 0.152. The molecule has 0 heterocycles. The Bertz CT molecular complexity index is 675. The molecule has 1 rings (SSSR count). The second-order valence-electron chi connectivity index (χ2n) is 4.83. The van der Waals surface area contributed by atoms with Crippen LogP contribution in [0.25, 0.3) is 0 Å². The van der Waals surface area contributed by atoms with Crippen LogP contribution >= 0.6 is 0 Å². The smallest absolute Gasteiger partial charge is 0.280 e. The van der Waals surface area contributed by atoms with Crippen LogP contribution in [0, 0.1) is 0 Å². The molecule has 0 aromatic heterocycles. The van der Waals surface area contributed by atoms with Crippen LogP contribution in [0.15, 0.2) is 22.0 Å². The van der Waals surface area contributed by atoms with Gasteiger partial charge in [0.2, 0.25) is 0 Å². The second kappa shape index (κ2) is 6.71. The van der Waals surface area contributed by atoms with E-state index in [4.69, 9.17) is 11.5 Å². The molecular formula is C14H21N3O3S. The van der Waals surface area contributed by atoms with Crippen molar-refractivity contribution in [1.82, 2.24) is 0 Å². The molecule has 116 valence electrons. The van der Waals surface area contributed by atoms with Gasteiger partial charge in [0.15, 0.2) is 15.8 Å². The Morgan fingerprint density at radius 3 is 2.24 bits per heavy atom. The lowest BCUT2D eigenvalue weighted by atomic mass is 9.98. The highest BCUT2D eigenvalue weighted by atomic mass is 32.2. The fraction of sp³-hybridized carbons (Fsp3) is 0.429. The summed E-state index contributed by atoms with van der Waals surface area (Å²) in [4.78, 5) is 15.7. The van der Waals surface area contributed by atoms with Crippen molar-refractivity contribution in [2.45, 2.75) is 38.0 Å². The molecule has 0 aliphatic heterocycles. The number of benzene rings is 1. The highest BCUT2D eigenvalue weighted by Crippen LogP contribution is 2.24. The molecule has 0 unspecified atom stereocenters. The molecule has 7 heteroatoms. The molecule has 0 spiro atoms. The van der Waals surface area contributed by atoms with Gasteiger partial charge in [0.1, 0.15) is 0 Å². The molecule has 0 saturated carbocycles. The van der Waals surface area contributed by atoms with Crippen molar-refractivity contribution in [3.05, 3.63) is 28.8 Å². The van der Waals surface area contributed by atoms with Crippen molar-refractivity contribution < 1.29 is 13.2 Å². The average Bonchev–Trinajstić information content (AvgIpc) is 2.36. The third-order valence-electron chi connectivity index (χ3n) is 3.05. The number of amides is 1. The van der Waals surface area contributed by atoms with Gasteiger partial charge in [-0.15, -0.1) is 0 Å². The van der Waals surface area contributed by atoms with Crippen LogP contribution in [0.5, 0.6) is 0 Å². The number of hydrogen-bond acceptors (Lipinski definition) is 3. The van der Waals surface area contributed by atoms with Crippen molar-refractivity contribution >= 4 is 21.7 Å². The largest absolute Gasteiger partial charge is 0.370 e. The molecule has 0 bridgehead atoms. The highest BCUT2D eigenvalue weighted by Gasteiger charge is 2.19. The first-order valence-corrected chi connectivity index (χ1v) is 8.59. The summed E-state index contributed by atoms with van der Waals surface area (Å²) in [6, 6.07) is 3.14. The Labute approximate surface area is 125 Å². The molecule has 0 fully saturated rings. The number of aryl methyl sites for hydroxylation is 2. The van der Waals surface area contributed by atoms with Gasteiger partial charge in [-0.3, -0.25) is 4.79 Å². The fourth-order valence-electron chi connectivity index (χ4n) is 2.15. The van der Waals surface area contributed by atoms with Crippen LogP contribution < -0.4 is 11.5 Å². The number of carbonyl (C=O) groups is 1. The Balaban J connectivity index is 3.60. The second-order valence-corrected chi connectivity index (χ2v) is 6.82. The lowest BCUT2D eigenvalue weighted by Crippen LogP contribution is -2.24. The van der Waals surface area contributed by atoms with Crippen molar-refractivity contribution in [1.29, 1.82) is 0 Å². The first kappa shape index (κ1) is 17.2. The predicted octanol–water partition coefficient (Wildman–Crippen LogP) is 1.02. The molecule has 0 atom stereocenters. The predicted molar refractivity (Wildman–Crippen MR) is 83.1 cm³/mol. The maximum atomic E-state index is 12.1. The molecule has 4 N–H and O–H groups in total. The molecule has 1 aromatic rings. The molecule has 0 aliphatic carbocycles. The normalized spacial score (nSPS) is 11.2. The number of hydrogen-bond donors (Lipinski definition) is 2. The minimum atomic E-state index is -3.42. The molecule has 0 radical (unpaired) electrons. The van der Waals surface area contributed by atoms with Gasteiger partial charge in [-0.2, -0.15) is 4.99 Å². The van der Waals surface area contributed by atoms with Crippen LogP contribution in [-0.4, -0.2) is 26.5 Å². The molecule has 21 heavy (non-hydrogen) atoms. The third-order valence-corrected chi connectivity index (χ3v) is 4.23. The number of guanidine groups is 1. The number of aliphatic imine (C=N–C) groups is 1. The lowest BCUT2D eigenvalue weighted by molar-refractivity contribution is 0.100. The van der Waals surface area contributed by atoms with E-state index >= 15 is 0 Å². The quantitative estimate of drug-likeness (QED) is 0.622. The summed E-state index contributed by atoms with van der Waals surface area (Å²) in [6.07, 6.45) is 3.16. The van der Waals surface area contributed by atoms with Crippen LogP contribution in [0.1, 0.15) is 41.8 Å². The van der Waals surface area contributed by atoms with E-state index < -0.39 is 15.7 Å². The van der Waals surface area contributed by atoms with Gasteiger partial charge in [0.25, 0.3) is 5.91 Å². The van der Waals surface area contributed by atoms with Crippen molar-refractivity contribution in [3.8, 4) is 0 Å². The van der Waals surface area contributed by atoms with Crippen LogP contribution in [0.2, 0.25) is 0 Å². The van der Waals surface area contributed by atoms with Crippen LogP contribution in [-0.2, 0) is 22.7 Å². The van der Waals surface area contributed by atoms with E-state index in [0.29, 0.717) is 18.4 Å². The zero-order valence-electron chi connectivity index (χ0n) is 12.5. The fourth-order valence-corrected chi connectivity index (χ4v) is 3.16. The average molecular weight is 311 g/mol. The van der Waals surface area contributed by atoms with Crippen molar-refractivity contribution in [2.75, 3.05) is 6.26 Å². The maximum Gasteiger partial charge on any atom is 0.280 e. The van der Waals surface area contributed by atoms with Gasteiger partial charge in [0, 0.05) is 11.8 Å². The lowest BCUT2D eigenvalue weighted by Gasteiger charge is -2.13. The zero-order valence-corrected chi connectivity index (χ0v) is 13.3. The third kappa shape index (κ3) is 4.29. The van der Waals surface area contributed by atoms with Crippen LogP contribution in [0.4, 0.5) is 0 Å². The topological polar surface area (TPSA) is 116 Å². The standard InChI is InChI=1S/C14H21N3O3S/c1-4-6-10-7-9(5-2)12(21(3,19)20)8-11(10)13(18)17-14(15)16/h7-8H,4-6H2,1-3H3,(H4,15,16,17,18). The molecule has 6 nitrogen and oxygen atoms in total. The van der Waals surface area contributed by atoms with E-state index in [-0.39, 0.29) is 16.4 Å². The molecular weight excluding hydrogens is 290 g/mol. The SMILES string of the molecule is CCCc1cc(CC)c(S(C)(=O)=O)cc1C(=O)N=C(N)N. The van der Waals surface area contributed by atoms with Gasteiger partial charge < -0.3 is 11.5 Å². The molecule has 0 aliphatic rings. The zero-order chi connectivity index (χ0) is 16.2. The number of rotatable bonds is 5. The summed E-state index contributed by atoms with van der Waals surface area (Å²) >= 11 is 0. The van der Waals surface area contributed by atoms with E-state index in [1.165, 1.54) is 6.07 Å². The summed E-state index contributed by atoms with van der Waals surface area (Å²) in [5.74, 6) is -0.964. The van der Waals surface area contributed by atoms with E-state index in [2.05, 4.69) is 4.99 Å². The van der Waals surface area contributed by atoms with E-state index in [1.807, 2.05) is 13.8 Å². The number of nitrogens with zero attached hydrogens (tertiary/aromatic N) is 1. The summed E-state index contributed by atoms with van der Waals surface area (Å²) in [5.41, 5.74) is 12.1. The van der Waals surface area contributed by atoms with Crippen molar-refractivity contribution in [2.24, 2.45) is 16.5 Å². The summed E-state index contributed by atoms with van der Waals surface area (Å²) in [6.45, 7) is 3.85. The number of nitrogens with two attached hydrogens (primary N) is 2. The van der Waals surface area contributed by atoms with Gasteiger partial charge in [-0.1, -0.05) is 26.3 Å². The Morgan fingerprint density at radius 2 is 1.81 bits per heavy atom. The van der Waals surface area contributed by atoms with Gasteiger partial charge in [-0.25, -0.2) is 8.42 Å². The summed E-state index contributed by atoms with van der Waals surface area (Å²) < 4.78 is 23.8. The monoisotopic (exact) mass is 311 g/mol. The molecule has 0 saturated heterocycles. The Morgan fingerprint density at radius 1 is 1.19 bits per heavy atom. The first-order valence-electron chi connectivity index (χ1n) is 6.70. The van der Waals surface area contributed by atoms with E-state index in [9.17, 15) is 13.2 Å². The van der Waals surface area contributed by atoms with Crippen molar-refractivity contribution in [3.63, 3.8) is 0 Å². The summed E-state index contributed by atoms with van der Waals surface area (Å²) in [7, 11) is -3.42. The molecule has 1 amide bonds. The Hall–Kier alpha value is -1.89. The Kier molecular flexibility index (Phi) is 5.48. The minimum Gasteiger partial charge on any atom is -0.370 e. The first-order chi connectivity index (χ1) is 9.70. The van der Waals surface area contributed by atoms with Gasteiger partial charge in [-0.05, 0) is 30.0 Å². The number of sulfone groups is 1. The highest BCUT2D eigenvalue weighted by molar-refractivity contribution is 7.90.